The number of rotatable bonds is 4. The Bertz CT molecular complexity index is 326. The van der Waals surface area contributed by atoms with Crippen molar-refractivity contribution in [3.63, 3.8) is 0 Å². The van der Waals surface area contributed by atoms with E-state index < -0.39 is 0 Å². The summed E-state index contributed by atoms with van der Waals surface area (Å²) in [5, 5.41) is -0.146. The number of carbonyl (C=O) groups is 2. The Morgan fingerprint density at radius 3 is 2.44 bits per heavy atom. The van der Waals surface area contributed by atoms with Crippen molar-refractivity contribution in [2.75, 3.05) is 19.9 Å². The molecule has 0 spiro atoms. The van der Waals surface area contributed by atoms with Gasteiger partial charge in [0.15, 0.2) is 0 Å². The molecule has 2 aliphatic rings. The second kappa shape index (κ2) is 6.06. The summed E-state index contributed by atoms with van der Waals surface area (Å²) in [7, 11) is 1.75. The zero-order valence-electron chi connectivity index (χ0n) is 11.1. The molecular formula is C13H21NO3S. The second-order valence-electron chi connectivity index (χ2n) is 5.15. The van der Waals surface area contributed by atoms with E-state index in [1.807, 2.05) is 6.26 Å². The molecule has 1 unspecified atom stereocenters. The van der Waals surface area contributed by atoms with Crippen LogP contribution in [0.3, 0.4) is 0 Å². The predicted molar refractivity (Wildman–Crippen MR) is 71.4 cm³/mol. The molecule has 18 heavy (non-hydrogen) atoms. The summed E-state index contributed by atoms with van der Waals surface area (Å²) in [5.74, 6) is 0.486. The van der Waals surface area contributed by atoms with Crippen molar-refractivity contribution in [1.29, 1.82) is 0 Å². The Kier molecular flexibility index (Phi) is 4.67. The highest BCUT2D eigenvalue weighted by Gasteiger charge is 2.39. The van der Waals surface area contributed by atoms with Gasteiger partial charge in [-0.3, -0.25) is 14.5 Å². The average molecular weight is 271 g/mol. The van der Waals surface area contributed by atoms with Gasteiger partial charge in [-0.2, -0.15) is 11.8 Å². The van der Waals surface area contributed by atoms with E-state index in [1.165, 1.54) is 16.7 Å². The summed E-state index contributed by atoms with van der Waals surface area (Å²) in [4.78, 5) is 25.3. The van der Waals surface area contributed by atoms with Gasteiger partial charge in [-0.1, -0.05) is 0 Å². The highest BCUT2D eigenvalue weighted by Crippen LogP contribution is 2.30. The monoisotopic (exact) mass is 271 g/mol. The van der Waals surface area contributed by atoms with Crippen LogP contribution in [0.4, 0.5) is 0 Å². The molecule has 0 bridgehead atoms. The number of ether oxygens (including phenoxy) is 1. The first kappa shape index (κ1) is 13.9. The lowest BCUT2D eigenvalue weighted by Crippen LogP contribution is -2.37. The van der Waals surface area contributed by atoms with Gasteiger partial charge in [-0.25, -0.2) is 0 Å². The second-order valence-corrected chi connectivity index (χ2v) is 6.19. The third kappa shape index (κ3) is 2.88. The van der Waals surface area contributed by atoms with Gasteiger partial charge in [0.1, 0.15) is 0 Å². The van der Waals surface area contributed by atoms with E-state index in [1.54, 1.807) is 7.11 Å². The van der Waals surface area contributed by atoms with Crippen LogP contribution in [0, 0.1) is 5.92 Å². The molecule has 2 rings (SSSR count). The minimum atomic E-state index is -0.146. The van der Waals surface area contributed by atoms with Crippen LogP contribution in [-0.2, 0) is 14.3 Å². The van der Waals surface area contributed by atoms with E-state index in [2.05, 4.69) is 0 Å². The van der Waals surface area contributed by atoms with Crippen molar-refractivity contribution in [3.8, 4) is 0 Å². The van der Waals surface area contributed by atoms with Gasteiger partial charge in [0.2, 0.25) is 11.8 Å². The van der Waals surface area contributed by atoms with E-state index in [0.717, 1.165) is 25.7 Å². The first-order chi connectivity index (χ1) is 8.65. The van der Waals surface area contributed by atoms with Crippen LogP contribution in [0.25, 0.3) is 0 Å². The van der Waals surface area contributed by atoms with Crippen LogP contribution in [0.5, 0.6) is 0 Å². The summed E-state index contributed by atoms with van der Waals surface area (Å²) in [5.41, 5.74) is 0. The Labute approximate surface area is 112 Å². The van der Waals surface area contributed by atoms with Gasteiger partial charge in [0, 0.05) is 20.1 Å². The van der Waals surface area contributed by atoms with Crippen molar-refractivity contribution >= 4 is 23.6 Å². The first-order valence-electron chi connectivity index (χ1n) is 6.55. The first-order valence-corrected chi connectivity index (χ1v) is 7.84. The smallest absolute Gasteiger partial charge is 0.242 e. The maximum Gasteiger partial charge on any atom is 0.242 e. The maximum absolute atomic E-state index is 12.0. The summed E-state index contributed by atoms with van der Waals surface area (Å²) < 4.78 is 5.34. The normalized spacial score (nSPS) is 33.2. The number of imide groups is 1. The van der Waals surface area contributed by atoms with Crippen LogP contribution >= 0.6 is 11.8 Å². The number of hydrogen-bond donors (Lipinski definition) is 0. The number of methoxy groups -OCH3 is 1. The Morgan fingerprint density at radius 1 is 1.28 bits per heavy atom. The molecule has 1 aliphatic heterocycles. The minimum Gasteiger partial charge on any atom is -0.381 e. The van der Waals surface area contributed by atoms with Gasteiger partial charge < -0.3 is 4.74 Å². The average Bonchev–Trinajstić information content (AvgIpc) is 2.67. The number of hydrogen-bond acceptors (Lipinski definition) is 4. The van der Waals surface area contributed by atoms with Crippen molar-refractivity contribution < 1.29 is 14.3 Å². The van der Waals surface area contributed by atoms with E-state index in [-0.39, 0.29) is 17.1 Å². The van der Waals surface area contributed by atoms with Crippen LogP contribution in [0.1, 0.15) is 32.1 Å². The molecule has 0 aromatic carbocycles. The molecular weight excluding hydrogens is 250 g/mol. The van der Waals surface area contributed by atoms with Crippen molar-refractivity contribution in [1.82, 2.24) is 4.90 Å². The van der Waals surface area contributed by atoms with Gasteiger partial charge >= 0.3 is 0 Å². The lowest BCUT2D eigenvalue weighted by molar-refractivity contribution is -0.139. The number of nitrogens with zero attached hydrogens (tertiary/aromatic N) is 1. The lowest BCUT2D eigenvalue weighted by atomic mass is 9.87. The van der Waals surface area contributed by atoms with Gasteiger partial charge in [-0.05, 0) is 37.9 Å². The van der Waals surface area contributed by atoms with E-state index in [9.17, 15) is 9.59 Å². The number of amides is 2. The third-order valence-electron chi connectivity index (χ3n) is 4.05. The van der Waals surface area contributed by atoms with Gasteiger partial charge in [0.05, 0.1) is 11.4 Å². The molecule has 0 aromatic heterocycles. The highest BCUT2D eigenvalue weighted by atomic mass is 32.2. The topological polar surface area (TPSA) is 46.6 Å². The maximum atomic E-state index is 12.0. The van der Waals surface area contributed by atoms with Crippen molar-refractivity contribution in [2.45, 2.75) is 43.5 Å². The van der Waals surface area contributed by atoms with Crippen LogP contribution < -0.4 is 0 Å². The summed E-state index contributed by atoms with van der Waals surface area (Å²) in [6.45, 7) is 0.616. The lowest BCUT2D eigenvalue weighted by Gasteiger charge is -2.29. The van der Waals surface area contributed by atoms with Gasteiger partial charge in [0.25, 0.3) is 0 Å². The summed E-state index contributed by atoms with van der Waals surface area (Å²) in [6.07, 6.45) is 6.84. The molecule has 4 nitrogen and oxygen atoms in total. The van der Waals surface area contributed by atoms with E-state index >= 15 is 0 Å². The highest BCUT2D eigenvalue weighted by molar-refractivity contribution is 8.00. The molecule has 1 aliphatic carbocycles. The molecule has 1 saturated carbocycles. The minimum absolute atomic E-state index is 0.00761. The van der Waals surface area contributed by atoms with Crippen LogP contribution in [0.2, 0.25) is 0 Å². The zero-order valence-corrected chi connectivity index (χ0v) is 11.9. The number of thioether (sulfide) groups is 1. The molecule has 5 heteroatoms. The van der Waals surface area contributed by atoms with E-state index in [4.69, 9.17) is 4.74 Å². The van der Waals surface area contributed by atoms with Crippen LogP contribution in [0.15, 0.2) is 0 Å². The standard InChI is InChI=1S/C13H21NO3S/c1-17-10-5-3-9(4-6-10)8-14-12(15)7-11(18-2)13(14)16/h9-11H,3-8H2,1-2H3. The fourth-order valence-electron chi connectivity index (χ4n) is 2.84. The fourth-order valence-corrected chi connectivity index (χ4v) is 3.48. The number of likely N-dealkylation sites (tertiary alicyclic amines) is 1. The molecule has 1 atom stereocenters. The molecule has 1 heterocycles. The molecule has 0 aromatic rings. The number of carbonyl (C=O) groups excluding carboxylic acids is 2. The van der Waals surface area contributed by atoms with E-state index in [0.29, 0.717) is 25.0 Å². The van der Waals surface area contributed by atoms with Crippen LogP contribution in [-0.4, -0.2) is 48.0 Å². The summed E-state index contributed by atoms with van der Waals surface area (Å²) >= 11 is 1.48. The predicted octanol–water partition coefficient (Wildman–Crippen LogP) is 1.68. The third-order valence-corrected chi connectivity index (χ3v) is 4.99. The SMILES string of the molecule is COC1CCC(CN2C(=O)CC(SC)C2=O)CC1. The fraction of sp³-hybridized carbons (Fsp3) is 0.846. The largest absolute Gasteiger partial charge is 0.381 e. The molecule has 0 radical (unpaired) electrons. The Morgan fingerprint density at radius 2 is 1.94 bits per heavy atom. The molecule has 102 valence electrons. The Balaban J connectivity index is 1.87. The molecule has 2 fully saturated rings. The molecule has 0 N–H and O–H groups in total. The van der Waals surface area contributed by atoms with Gasteiger partial charge in [-0.15, -0.1) is 0 Å². The van der Waals surface area contributed by atoms with Crippen molar-refractivity contribution in [2.24, 2.45) is 5.92 Å². The quantitative estimate of drug-likeness (QED) is 0.730. The zero-order chi connectivity index (χ0) is 13.1. The van der Waals surface area contributed by atoms with Crippen molar-refractivity contribution in [3.05, 3.63) is 0 Å². The Hall–Kier alpha value is -0.550. The molecule has 2 amide bonds. The summed E-state index contributed by atoms with van der Waals surface area (Å²) in [6, 6.07) is 0. The molecule has 1 saturated heterocycles.